The van der Waals surface area contributed by atoms with Crippen molar-refractivity contribution in [2.45, 2.75) is 12.5 Å². The highest BCUT2D eigenvalue weighted by Gasteiger charge is 1.94. The SMILES string of the molecule is CN(C)c1ccc(/C=C/C=C/CC(N)CO)cc1.Cl. The maximum Gasteiger partial charge on any atom is 0.0585 e. The summed E-state index contributed by atoms with van der Waals surface area (Å²) in [5.41, 5.74) is 7.94. The van der Waals surface area contributed by atoms with Crippen LogP contribution in [0.1, 0.15) is 12.0 Å². The van der Waals surface area contributed by atoms with Crippen LogP contribution < -0.4 is 10.6 Å². The van der Waals surface area contributed by atoms with Crippen LogP contribution in [0.25, 0.3) is 6.08 Å². The summed E-state index contributed by atoms with van der Waals surface area (Å²) in [6, 6.07) is 8.18. The largest absolute Gasteiger partial charge is 0.395 e. The molecule has 106 valence electrons. The summed E-state index contributed by atoms with van der Waals surface area (Å²) in [6.07, 6.45) is 8.64. The third-order valence-corrected chi connectivity index (χ3v) is 2.62. The van der Waals surface area contributed by atoms with Crippen molar-refractivity contribution in [1.29, 1.82) is 0 Å². The molecule has 0 bridgehead atoms. The Morgan fingerprint density at radius 1 is 1.21 bits per heavy atom. The lowest BCUT2D eigenvalue weighted by molar-refractivity contribution is 0.266. The zero-order valence-corrected chi connectivity index (χ0v) is 12.3. The van der Waals surface area contributed by atoms with Gasteiger partial charge in [-0.1, -0.05) is 36.4 Å². The van der Waals surface area contributed by atoms with Crippen molar-refractivity contribution in [2.24, 2.45) is 5.73 Å². The van der Waals surface area contributed by atoms with Gasteiger partial charge in [0, 0.05) is 25.8 Å². The van der Waals surface area contributed by atoms with E-state index < -0.39 is 0 Å². The maximum atomic E-state index is 8.76. The number of nitrogens with two attached hydrogens (primary N) is 1. The van der Waals surface area contributed by atoms with E-state index in [4.69, 9.17) is 10.8 Å². The van der Waals surface area contributed by atoms with Gasteiger partial charge >= 0.3 is 0 Å². The van der Waals surface area contributed by atoms with Crippen LogP contribution in [0, 0.1) is 0 Å². The minimum Gasteiger partial charge on any atom is -0.395 e. The molecule has 1 aromatic carbocycles. The molecule has 19 heavy (non-hydrogen) atoms. The van der Waals surface area contributed by atoms with Crippen molar-refractivity contribution >= 4 is 24.2 Å². The van der Waals surface area contributed by atoms with Gasteiger partial charge in [-0.2, -0.15) is 0 Å². The van der Waals surface area contributed by atoms with E-state index in [0.717, 1.165) is 5.56 Å². The van der Waals surface area contributed by atoms with Crippen molar-refractivity contribution in [2.75, 3.05) is 25.6 Å². The van der Waals surface area contributed by atoms with E-state index in [1.807, 2.05) is 38.4 Å². The third-order valence-electron chi connectivity index (χ3n) is 2.62. The van der Waals surface area contributed by atoms with E-state index in [-0.39, 0.29) is 25.1 Å². The first kappa shape index (κ1) is 17.7. The van der Waals surface area contributed by atoms with Gasteiger partial charge in [0.05, 0.1) is 6.61 Å². The molecular weight excluding hydrogens is 260 g/mol. The molecule has 1 rings (SSSR count). The molecule has 0 aliphatic carbocycles. The fraction of sp³-hybridized carbons (Fsp3) is 0.333. The van der Waals surface area contributed by atoms with Crippen molar-refractivity contribution in [3.63, 3.8) is 0 Å². The highest BCUT2D eigenvalue weighted by Crippen LogP contribution is 2.13. The third kappa shape index (κ3) is 7.01. The summed E-state index contributed by atoms with van der Waals surface area (Å²) in [5.74, 6) is 0. The molecule has 1 aromatic rings. The summed E-state index contributed by atoms with van der Waals surface area (Å²) in [7, 11) is 4.05. The molecule has 0 aliphatic rings. The fourth-order valence-electron chi connectivity index (χ4n) is 1.46. The van der Waals surface area contributed by atoms with Gasteiger partial charge in [0.25, 0.3) is 0 Å². The van der Waals surface area contributed by atoms with Gasteiger partial charge in [0.15, 0.2) is 0 Å². The first-order valence-electron chi connectivity index (χ1n) is 6.10. The standard InChI is InChI=1S/C15H22N2O.ClH/c1-17(2)15-10-8-13(9-11-15)6-4-3-5-7-14(16)12-18;/h3-6,8-11,14,18H,7,12,16H2,1-2H3;1H/b5-3+,6-4+;. The fourth-order valence-corrected chi connectivity index (χ4v) is 1.46. The lowest BCUT2D eigenvalue weighted by Crippen LogP contribution is -2.22. The molecule has 0 amide bonds. The van der Waals surface area contributed by atoms with Crippen molar-refractivity contribution in [1.82, 2.24) is 0 Å². The summed E-state index contributed by atoms with van der Waals surface area (Å²) in [5, 5.41) is 8.76. The number of hydrogen-bond acceptors (Lipinski definition) is 3. The van der Waals surface area contributed by atoms with Crippen LogP contribution in [0.2, 0.25) is 0 Å². The molecule has 0 spiro atoms. The van der Waals surface area contributed by atoms with E-state index in [0.29, 0.717) is 6.42 Å². The zero-order valence-electron chi connectivity index (χ0n) is 11.5. The van der Waals surface area contributed by atoms with Crippen LogP contribution in [-0.4, -0.2) is 31.9 Å². The molecule has 1 atom stereocenters. The topological polar surface area (TPSA) is 49.5 Å². The predicted molar refractivity (Wildman–Crippen MR) is 85.9 cm³/mol. The highest BCUT2D eigenvalue weighted by atomic mass is 35.5. The van der Waals surface area contributed by atoms with Crippen molar-refractivity contribution in [3.05, 3.63) is 48.1 Å². The number of aliphatic hydroxyl groups is 1. The Morgan fingerprint density at radius 2 is 1.84 bits per heavy atom. The van der Waals surface area contributed by atoms with E-state index >= 15 is 0 Å². The van der Waals surface area contributed by atoms with E-state index in [2.05, 4.69) is 29.2 Å². The van der Waals surface area contributed by atoms with Gasteiger partial charge in [-0.05, 0) is 24.1 Å². The summed E-state index contributed by atoms with van der Waals surface area (Å²) < 4.78 is 0. The molecule has 0 radical (unpaired) electrons. The number of benzene rings is 1. The maximum absolute atomic E-state index is 8.76. The summed E-state index contributed by atoms with van der Waals surface area (Å²) in [6.45, 7) is 0.0278. The zero-order chi connectivity index (χ0) is 13.4. The molecule has 0 saturated carbocycles. The average Bonchev–Trinajstić information content (AvgIpc) is 2.38. The Balaban J connectivity index is 0.00000324. The Labute approximate surface area is 121 Å². The van der Waals surface area contributed by atoms with Gasteiger partial charge in [-0.25, -0.2) is 0 Å². The minimum atomic E-state index is -0.158. The highest BCUT2D eigenvalue weighted by molar-refractivity contribution is 5.85. The van der Waals surface area contributed by atoms with Crippen LogP contribution in [0.3, 0.4) is 0 Å². The average molecular weight is 283 g/mol. The van der Waals surface area contributed by atoms with E-state index in [9.17, 15) is 0 Å². The quantitative estimate of drug-likeness (QED) is 0.788. The van der Waals surface area contributed by atoms with Gasteiger partial charge in [-0.3, -0.25) is 0 Å². The molecule has 0 aromatic heterocycles. The number of aliphatic hydroxyl groups excluding tert-OH is 1. The first-order valence-corrected chi connectivity index (χ1v) is 6.10. The number of allylic oxidation sites excluding steroid dienone is 2. The molecule has 4 heteroatoms. The van der Waals surface area contributed by atoms with Gasteiger partial charge in [0.1, 0.15) is 0 Å². The first-order chi connectivity index (χ1) is 8.63. The second-order valence-electron chi connectivity index (χ2n) is 4.45. The molecule has 0 aliphatic heterocycles. The molecular formula is C15H23ClN2O. The van der Waals surface area contributed by atoms with Crippen LogP contribution in [0.5, 0.6) is 0 Å². The molecule has 0 saturated heterocycles. The van der Waals surface area contributed by atoms with E-state index in [1.165, 1.54) is 5.69 Å². The van der Waals surface area contributed by atoms with Gasteiger partial charge in [0.2, 0.25) is 0 Å². The number of halogens is 1. The predicted octanol–water partition coefficient (Wildman–Crippen LogP) is 2.45. The molecule has 3 nitrogen and oxygen atoms in total. The number of anilines is 1. The molecule has 3 N–H and O–H groups in total. The molecule has 0 heterocycles. The van der Waals surface area contributed by atoms with Gasteiger partial charge < -0.3 is 15.7 Å². The molecule has 1 unspecified atom stereocenters. The Morgan fingerprint density at radius 3 is 2.37 bits per heavy atom. The van der Waals surface area contributed by atoms with Gasteiger partial charge in [-0.15, -0.1) is 12.4 Å². The van der Waals surface area contributed by atoms with Crippen LogP contribution in [-0.2, 0) is 0 Å². The number of rotatable bonds is 6. The Kier molecular flexibility index (Phi) is 8.96. The lowest BCUT2D eigenvalue weighted by Gasteiger charge is -2.11. The van der Waals surface area contributed by atoms with E-state index in [1.54, 1.807) is 0 Å². The number of hydrogen-bond donors (Lipinski definition) is 2. The number of nitrogens with zero attached hydrogens (tertiary/aromatic N) is 1. The Hall–Kier alpha value is -1.29. The molecule has 0 fully saturated rings. The van der Waals surface area contributed by atoms with Crippen LogP contribution >= 0.6 is 12.4 Å². The Bertz CT molecular complexity index is 399. The van der Waals surface area contributed by atoms with Crippen molar-refractivity contribution < 1.29 is 5.11 Å². The normalized spacial score (nSPS) is 12.6. The van der Waals surface area contributed by atoms with Crippen LogP contribution in [0.15, 0.2) is 42.5 Å². The monoisotopic (exact) mass is 282 g/mol. The minimum absolute atomic E-state index is 0. The lowest BCUT2D eigenvalue weighted by atomic mass is 10.1. The summed E-state index contributed by atoms with van der Waals surface area (Å²) in [4.78, 5) is 2.07. The smallest absolute Gasteiger partial charge is 0.0585 e. The van der Waals surface area contributed by atoms with Crippen LogP contribution in [0.4, 0.5) is 5.69 Å². The van der Waals surface area contributed by atoms with Crippen molar-refractivity contribution in [3.8, 4) is 0 Å². The second kappa shape index (κ2) is 9.62. The second-order valence-corrected chi connectivity index (χ2v) is 4.45. The summed E-state index contributed by atoms with van der Waals surface area (Å²) >= 11 is 0.